The van der Waals surface area contributed by atoms with E-state index in [0.29, 0.717) is 5.92 Å². The van der Waals surface area contributed by atoms with Gasteiger partial charge in [0.2, 0.25) is 0 Å². The van der Waals surface area contributed by atoms with E-state index in [0.717, 1.165) is 35.2 Å². The van der Waals surface area contributed by atoms with Crippen molar-refractivity contribution >= 4 is 32.7 Å². The van der Waals surface area contributed by atoms with Crippen LogP contribution in [-0.2, 0) is 16.0 Å². The predicted molar refractivity (Wildman–Crippen MR) is 102 cm³/mol. The van der Waals surface area contributed by atoms with Gasteiger partial charge < -0.3 is 9.47 Å². The maximum Gasteiger partial charge on any atom is 0.307 e. The van der Waals surface area contributed by atoms with Gasteiger partial charge in [-0.1, -0.05) is 22.9 Å². The van der Waals surface area contributed by atoms with Gasteiger partial charge in [-0.2, -0.15) is 0 Å². The molecule has 4 heteroatoms. The Bertz CT molecular complexity index is 915. The van der Waals surface area contributed by atoms with E-state index in [1.165, 1.54) is 28.8 Å². The molecule has 0 fully saturated rings. The molecule has 2 aromatic rings. The van der Waals surface area contributed by atoms with Crippen molar-refractivity contribution in [1.82, 2.24) is 0 Å². The molecule has 0 heterocycles. The normalized spacial score (nSPS) is 24.5. The summed E-state index contributed by atoms with van der Waals surface area (Å²) in [5.74, 6) is 1.80. The second kappa shape index (κ2) is 5.87. The fourth-order valence-corrected chi connectivity index (χ4v) is 5.07. The van der Waals surface area contributed by atoms with Crippen molar-refractivity contribution in [1.29, 1.82) is 0 Å². The molecule has 0 bridgehead atoms. The first-order valence-electron chi connectivity index (χ1n) is 8.60. The van der Waals surface area contributed by atoms with E-state index < -0.39 is 0 Å². The number of halogens is 1. The average Bonchev–Trinajstić information content (AvgIpc) is 2.90. The van der Waals surface area contributed by atoms with Gasteiger partial charge >= 0.3 is 5.97 Å². The van der Waals surface area contributed by atoms with Crippen LogP contribution in [0.3, 0.4) is 0 Å². The number of carbonyl (C=O) groups is 1. The minimum absolute atomic E-state index is 0.0454. The second-order valence-electron chi connectivity index (χ2n) is 7.30. The van der Waals surface area contributed by atoms with Crippen LogP contribution < -0.4 is 4.74 Å². The summed E-state index contributed by atoms with van der Waals surface area (Å²) >= 11 is 3.75. The van der Waals surface area contributed by atoms with E-state index in [2.05, 4.69) is 47.1 Å². The van der Waals surface area contributed by atoms with Crippen molar-refractivity contribution in [2.24, 2.45) is 5.41 Å². The number of allylic oxidation sites excluding steroid dienone is 2. The van der Waals surface area contributed by atoms with Crippen molar-refractivity contribution < 1.29 is 14.3 Å². The highest BCUT2D eigenvalue weighted by Crippen LogP contribution is 2.56. The molecule has 2 aromatic carbocycles. The molecular formula is C21H21BrO3. The first-order valence-corrected chi connectivity index (χ1v) is 9.40. The third-order valence-electron chi connectivity index (χ3n) is 5.70. The second-order valence-corrected chi connectivity index (χ2v) is 8.16. The summed E-state index contributed by atoms with van der Waals surface area (Å²) in [5.41, 5.74) is 2.81. The van der Waals surface area contributed by atoms with E-state index >= 15 is 0 Å². The number of fused-ring (bicyclic) bond motifs is 5. The molecule has 0 N–H and O–H groups in total. The first kappa shape index (κ1) is 16.6. The summed E-state index contributed by atoms with van der Waals surface area (Å²) in [6, 6.07) is 8.51. The minimum Gasteiger partial charge on any atom is -0.497 e. The molecule has 0 saturated heterocycles. The highest BCUT2D eigenvalue weighted by Gasteiger charge is 2.44. The van der Waals surface area contributed by atoms with Crippen LogP contribution in [0, 0.1) is 5.41 Å². The highest BCUT2D eigenvalue weighted by molar-refractivity contribution is 9.10. The Morgan fingerprint density at radius 3 is 2.80 bits per heavy atom. The summed E-state index contributed by atoms with van der Waals surface area (Å²) < 4.78 is 12.0. The maximum absolute atomic E-state index is 11.4. The Labute approximate surface area is 156 Å². The smallest absolute Gasteiger partial charge is 0.307 e. The molecule has 0 aliphatic heterocycles. The quantitative estimate of drug-likeness (QED) is 0.624. The molecule has 25 heavy (non-hydrogen) atoms. The molecule has 2 atom stereocenters. The molecule has 0 spiro atoms. The van der Waals surface area contributed by atoms with Crippen LogP contribution in [0.4, 0.5) is 0 Å². The zero-order valence-corrected chi connectivity index (χ0v) is 16.3. The van der Waals surface area contributed by atoms with Crippen LogP contribution >= 0.6 is 15.9 Å². The van der Waals surface area contributed by atoms with Crippen LogP contribution in [0.15, 0.2) is 40.6 Å². The number of methoxy groups -OCH3 is 1. The molecule has 0 amide bonds. The molecular weight excluding hydrogens is 380 g/mol. The topological polar surface area (TPSA) is 35.5 Å². The summed E-state index contributed by atoms with van der Waals surface area (Å²) in [4.78, 5) is 11.4. The van der Waals surface area contributed by atoms with Gasteiger partial charge in [0, 0.05) is 23.7 Å². The number of aryl methyl sites for hydroxylation is 1. The summed E-state index contributed by atoms with van der Waals surface area (Å²) in [6.45, 7) is 3.75. The summed E-state index contributed by atoms with van der Waals surface area (Å²) in [6.07, 6.45) is 5.03. The highest BCUT2D eigenvalue weighted by atomic mass is 79.9. The number of benzene rings is 2. The lowest BCUT2D eigenvalue weighted by Crippen LogP contribution is -2.26. The van der Waals surface area contributed by atoms with Gasteiger partial charge in [0.05, 0.1) is 7.11 Å². The monoisotopic (exact) mass is 400 g/mol. The largest absolute Gasteiger partial charge is 0.497 e. The number of rotatable bonds is 2. The van der Waals surface area contributed by atoms with E-state index in [4.69, 9.17) is 9.47 Å². The Morgan fingerprint density at radius 1 is 1.28 bits per heavy atom. The predicted octanol–water partition coefficient (Wildman–Crippen LogP) is 5.50. The minimum atomic E-state index is -0.238. The van der Waals surface area contributed by atoms with Crippen LogP contribution in [0.5, 0.6) is 5.75 Å². The number of hydrogen-bond donors (Lipinski definition) is 0. The molecule has 3 nitrogen and oxygen atoms in total. The zero-order valence-electron chi connectivity index (χ0n) is 14.7. The van der Waals surface area contributed by atoms with Gasteiger partial charge in [0.25, 0.3) is 0 Å². The number of carbonyl (C=O) groups excluding carboxylic acids is 1. The number of ether oxygens (including phenoxy) is 2. The first-order chi connectivity index (χ1) is 11.9. The van der Waals surface area contributed by atoms with Crippen molar-refractivity contribution in [3.8, 4) is 5.75 Å². The van der Waals surface area contributed by atoms with Crippen LogP contribution in [0.25, 0.3) is 10.8 Å². The van der Waals surface area contributed by atoms with E-state index in [-0.39, 0.29) is 11.4 Å². The Hall–Kier alpha value is -1.81. The molecule has 4 rings (SSSR count). The van der Waals surface area contributed by atoms with Gasteiger partial charge in [0.1, 0.15) is 11.5 Å². The molecule has 0 saturated carbocycles. The summed E-state index contributed by atoms with van der Waals surface area (Å²) in [5, 5.41) is 2.47. The molecule has 0 aromatic heterocycles. The molecule has 1 unspecified atom stereocenters. The van der Waals surface area contributed by atoms with E-state index in [9.17, 15) is 4.79 Å². The maximum atomic E-state index is 11.4. The van der Waals surface area contributed by atoms with Gasteiger partial charge in [-0.15, -0.1) is 0 Å². The lowest BCUT2D eigenvalue weighted by atomic mass is 9.66. The Balaban J connectivity index is 1.85. The van der Waals surface area contributed by atoms with Crippen molar-refractivity contribution in [2.75, 3.05) is 7.11 Å². The van der Waals surface area contributed by atoms with Crippen molar-refractivity contribution in [3.63, 3.8) is 0 Å². The standard InChI is InChI=1S/C21H21BrO3/c1-12(23)25-14-9-19-18-10-20(22)16-5-4-13(24-3)8-17(16)15(18)6-7-21(19,2)11-14/h4-5,8,10-11,19H,6-7,9H2,1-3H3/t19-,21?/m0/s1. The summed E-state index contributed by atoms with van der Waals surface area (Å²) in [7, 11) is 1.70. The fraction of sp³-hybridized carbons (Fsp3) is 0.381. The SMILES string of the molecule is COc1ccc2c(Br)cc3c(c2c1)CCC1(C)C=C(OC(C)=O)C[C@@H]31. The molecule has 2 aliphatic carbocycles. The molecule has 0 radical (unpaired) electrons. The van der Waals surface area contributed by atoms with Gasteiger partial charge in [-0.05, 0) is 70.5 Å². The van der Waals surface area contributed by atoms with Crippen LogP contribution in [0.1, 0.15) is 43.7 Å². The van der Waals surface area contributed by atoms with Crippen LogP contribution in [0.2, 0.25) is 0 Å². The van der Waals surface area contributed by atoms with Crippen molar-refractivity contribution in [2.45, 2.75) is 39.0 Å². The Kier molecular flexibility index (Phi) is 3.91. The molecule has 2 aliphatic rings. The third-order valence-corrected chi connectivity index (χ3v) is 6.35. The van der Waals surface area contributed by atoms with Gasteiger partial charge in [0.15, 0.2) is 0 Å². The lowest BCUT2D eigenvalue weighted by Gasteiger charge is -2.37. The molecule has 130 valence electrons. The van der Waals surface area contributed by atoms with Crippen LogP contribution in [-0.4, -0.2) is 13.1 Å². The van der Waals surface area contributed by atoms with Crippen molar-refractivity contribution in [3.05, 3.63) is 51.7 Å². The number of hydrogen-bond acceptors (Lipinski definition) is 3. The Morgan fingerprint density at radius 2 is 2.08 bits per heavy atom. The van der Waals surface area contributed by atoms with E-state index in [1.54, 1.807) is 7.11 Å². The van der Waals surface area contributed by atoms with E-state index in [1.807, 2.05) is 6.07 Å². The van der Waals surface area contributed by atoms with Gasteiger partial charge in [-0.3, -0.25) is 4.79 Å². The number of esters is 1. The third kappa shape index (κ3) is 2.67. The fourth-order valence-electron chi connectivity index (χ4n) is 4.48. The van der Waals surface area contributed by atoms with Gasteiger partial charge in [-0.25, -0.2) is 0 Å². The zero-order chi connectivity index (χ0) is 17.8. The lowest BCUT2D eigenvalue weighted by molar-refractivity contribution is -0.137. The average molecular weight is 401 g/mol.